The van der Waals surface area contributed by atoms with Crippen molar-refractivity contribution >= 4 is 23.2 Å². The van der Waals surface area contributed by atoms with Crippen molar-refractivity contribution < 1.29 is 14.3 Å². The quantitative estimate of drug-likeness (QED) is 0.786. The van der Waals surface area contributed by atoms with E-state index >= 15 is 0 Å². The number of amides is 1. The second-order valence-electron chi connectivity index (χ2n) is 6.45. The van der Waals surface area contributed by atoms with Gasteiger partial charge in [0.2, 0.25) is 0 Å². The number of halogens is 1. The van der Waals surface area contributed by atoms with Gasteiger partial charge in [0, 0.05) is 30.3 Å². The van der Waals surface area contributed by atoms with Gasteiger partial charge in [-0.25, -0.2) is 0 Å². The van der Waals surface area contributed by atoms with Gasteiger partial charge in [-0.2, -0.15) is 0 Å². The van der Waals surface area contributed by atoms with E-state index in [-0.39, 0.29) is 5.91 Å². The Hall–Kier alpha value is -2.24. The SMILES string of the molecule is CCC(Oc1ccc(Cl)cc1)C(=O)NCc1ccc(N2CCOCC2)cc1. The van der Waals surface area contributed by atoms with Crippen molar-refractivity contribution in [2.75, 3.05) is 31.2 Å². The molecule has 0 spiro atoms. The standard InChI is InChI=1S/C21H25ClN2O3/c1-2-20(27-19-9-5-17(22)6-10-19)21(25)23-15-16-3-7-18(8-4-16)24-11-13-26-14-12-24/h3-10,20H,2,11-15H2,1H3,(H,23,25). The normalized spacial score (nSPS) is 15.3. The van der Waals surface area contributed by atoms with E-state index < -0.39 is 6.10 Å². The van der Waals surface area contributed by atoms with Gasteiger partial charge in [0.1, 0.15) is 5.75 Å². The average Bonchev–Trinajstić information content (AvgIpc) is 2.72. The van der Waals surface area contributed by atoms with Gasteiger partial charge in [-0.05, 0) is 48.4 Å². The number of nitrogens with zero attached hydrogens (tertiary/aromatic N) is 1. The van der Waals surface area contributed by atoms with Gasteiger partial charge in [-0.3, -0.25) is 4.79 Å². The number of carbonyl (C=O) groups excluding carboxylic acids is 1. The van der Waals surface area contributed by atoms with Crippen molar-refractivity contribution in [2.24, 2.45) is 0 Å². The van der Waals surface area contributed by atoms with E-state index in [2.05, 4.69) is 22.3 Å². The number of carbonyl (C=O) groups is 1. The summed E-state index contributed by atoms with van der Waals surface area (Å²) in [6, 6.07) is 15.3. The van der Waals surface area contributed by atoms with Crippen LogP contribution in [0.2, 0.25) is 5.02 Å². The first-order chi connectivity index (χ1) is 13.2. The Bertz CT molecular complexity index is 728. The molecule has 3 rings (SSSR count). The monoisotopic (exact) mass is 388 g/mol. The molecule has 0 radical (unpaired) electrons. The Morgan fingerprint density at radius 3 is 2.44 bits per heavy atom. The maximum Gasteiger partial charge on any atom is 0.261 e. The van der Waals surface area contributed by atoms with Crippen LogP contribution in [0.4, 0.5) is 5.69 Å². The van der Waals surface area contributed by atoms with Crippen LogP contribution in [0.3, 0.4) is 0 Å². The van der Waals surface area contributed by atoms with Gasteiger partial charge in [0.25, 0.3) is 5.91 Å². The predicted octanol–water partition coefficient (Wildman–Crippen LogP) is 3.65. The summed E-state index contributed by atoms with van der Waals surface area (Å²) in [6.45, 7) is 5.76. The second-order valence-corrected chi connectivity index (χ2v) is 6.89. The molecule has 0 saturated carbocycles. The van der Waals surface area contributed by atoms with E-state index in [0.717, 1.165) is 31.9 Å². The number of rotatable bonds is 7. The molecule has 1 heterocycles. The van der Waals surface area contributed by atoms with Gasteiger partial charge in [0.05, 0.1) is 13.2 Å². The van der Waals surface area contributed by atoms with Crippen LogP contribution in [0.5, 0.6) is 5.75 Å². The lowest BCUT2D eigenvalue weighted by Gasteiger charge is -2.29. The minimum absolute atomic E-state index is 0.121. The molecule has 1 fully saturated rings. The number of hydrogen-bond donors (Lipinski definition) is 1. The first-order valence-electron chi connectivity index (χ1n) is 9.27. The second kappa shape index (κ2) is 9.62. The van der Waals surface area contributed by atoms with Gasteiger partial charge in [0.15, 0.2) is 6.10 Å². The zero-order valence-corrected chi connectivity index (χ0v) is 16.2. The van der Waals surface area contributed by atoms with Crippen LogP contribution in [0.15, 0.2) is 48.5 Å². The summed E-state index contributed by atoms with van der Waals surface area (Å²) < 4.78 is 11.2. The summed E-state index contributed by atoms with van der Waals surface area (Å²) in [7, 11) is 0. The molecule has 1 saturated heterocycles. The fourth-order valence-corrected chi connectivity index (χ4v) is 3.07. The molecular formula is C21H25ClN2O3. The molecule has 0 aliphatic carbocycles. The zero-order valence-electron chi connectivity index (χ0n) is 15.5. The van der Waals surface area contributed by atoms with Crippen molar-refractivity contribution in [2.45, 2.75) is 26.0 Å². The Labute approximate surface area is 165 Å². The first-order valence-corrected chi connectivity index (χ1v) is 9.65. The van der Waals surface area contributed by atoms with E-state index in [0.29, 0.717) is 23.7 Å². The van der Waals surface area contributed by atoms with Crippen molar-refractivity contribution in [3.05, 3.63) is 59.1 Å². The lowest BCUT2D eigenvalue weighted by molar-refractivity contribution is -0.128. The Balaban J connectivity index is 1.51. The lowest BCUT2D eigenvalue weighted by atomic mass is 10.1. The summed E-state index contributed by atoms with van der Waals surface area (Å²) in [5.74, 6) is 0.515. The highest BCUT2D eigenvalue weighted by Gasteiger charge is 2.18. The molecule has 5 nitrogen and oxygen atoms in total. The van der Waals surface area contributed by atoms with Gasteiger partial charge < -0.3 is 19.7 Å². The van der Waals surface area contributed by atoms with Crippen LogP contribution in [-0.2, 0) is 16.1 Å². The number of ether oxygens (including phenoxy) is 2. The first kappa shape index (κ1) is 19.5. The third kappa shape index (κ3) is 5.62. The lowest BCUT2D eigenvalue weighted by Crippen LogP contribution is -2.37. The number of morpholine rings is 1. The highest BCUT2D eigenvalue weighted by atomic mass is 35.5. The third-order valence-corrected chi connectivity index (χ3v) is 4.79. The molecule has 1 aliphatic heterocycles. The molecule has 1 atom stereocenters. The number of hydrogen-bond acceptors (Lipinski definition) is 4. The van der Waals surface area contributed by atoms with Crippen LogP contribution >= 0.6 is 11.6 Å². The molecule has 1 N–H and O–H groups in total. The largest absolute Gasteiger partial charge is 0.481 e. The summed E-state index contributed by atoms with van der Waals surface area (Å²) in [5, 5.41) is 3.60. The smallest absolute Gasteiger partial charge is 0.261 e. The Morgan fingerprint density at radius 2 is 1.81 bits per heavy atom. The molecule has 1 unspecified atom stereocenters. The fraction of sp³-hybridized carbons (Fsp3) is 0.381. The third-order valence-electron chi connectivity index (χ3n) is 4.53. The molecule has 2 aromatic carbocycles. The van der Waals surface area contributed by atoms with Crippen molar-refractivity contribution in [3.63, 3.8) is 0 Å². The van der Waals surface area contributed by atoms with Crippen LogP contribution in [0, 0.1) is 0 Å². The van der Waals surface area contributed by atoms with E-state index in [1.165, 1.54) is 5.69 Å². The van der Waals surface area contributed by atoms with E-state index in [1.807, 2.05) is 19.1 Å². The van der Waals surface area contributed by atoms with E-state index in [4.69, 9.17) is 21.1 Å². The maximum absolute atomic E-state index is 12.4. The topological polar surface area (TPSA) is 50.8 Å². The van der Waals surface area contributed by atoms with E-state index in [9.17, 15) is 4.79 Å². The van der Waals surface area contributed by atoms with Crippen LogP contribution in [-0.4, -0.2) is 38.3 Å². The van der Waals surface area contributed by atoms with Crippen LogP contribution < -0.4 is 15.0 Å². The van der Waals surface area contributed by atoms with Gasteiger partial charge in [-0.1, -0.05) is 30.7 Å². The highest BCUT2D eigenvalue weighted by Crippen LogP contribution is 2.18. The number of nitrogens with one attached hydrogen (secondary N) is 1. The molecule has 144 valence electrons. The number of anilines is 1. The molecule has 27 heavy (non-hydrogen) atoms. The molecule has 0 aromatic heterocycles. The maximum atomic E-state index is 12.4. The van der Waals surface area contributed by atoms with E-state index in [1.54, 1.807) is 24.3 Å². The fourth-order valence-electron chi connectivity index (χ4n) is 2.95. The highest BCUT2D eigenvalue weighted by molar-refractivity contribution is 6.30. The summed E-state index contributed by atoms with van der Waals surface area (Å²) >= 11 is 5.88. The summed E-state index contributed by atoms with van der Waals surface area (Å²) in [4.78, 5) is 14.8. The van der Waals surface area contributed by atoms with Crippen molar-refractivity contribution in [1.82, 2.24) is 5.32 Å². The zero-order chi connectivity index (χ0) is 19.1. The van der Waals surface area contributed by atoms with Crippen LogP contribution in [0.1, 0.15) is 18.9 Å². The molecule has 1 amide bonds. The molecule has 6 heteroatoms. The van der Waals surface area contributed by atoms with Crippen LogP contribution in [0.25, 0.3) is 0 Å². The number of benzene rings is 2. The Kier molecular flexibility index (Phi) is 6.96. The molecule has 1 aliphatic rings. The van der Waals surface area contributed by atoms with Crippen molar-refractivity contribution in [3.8, 4) is 5.75 Å². The minimum atomic E-state index is -0.529. The van der Waals surface area contributed by atoms with Gasteiger partial charge in [-0.15, -0.1) is 0 Å². The molecule has 2 aromatic rings. The molecule has 0 bridgehead atoms. The summed E-state index contributed by atoms with van der Waals surface area (Å²) in [6.07, 6.45) is 0.0588. The summed E-state index contributed by atoms with van der Waals surface area (Å²) in [5.41, 5.74) is 2.24. The minimum Gasteiger partial charge on any atom is -0.481 e. The predicted molar refractivity (Wildman–Crippen MR) is 107 cm³/mol. The molecular weight excluding hydrogens is 364 g/mol. The Morgan fingerprint density at radius 1 is 1.15 bits per heavy atom. The van der Waals surface area contributed by atoms with Crippen molar-refractivity contribution in [1.29, 1.82) is 0 Å². The van der Waals surface area contributed by atoms with Gasteiger partial charge >= 0.3 is 0 Å². The average molecular weight is 389 g/mol.